The van der Waals surface area contributed by atoms with Crippen molar-refractivity contribution < 1.29 is 4.79 Å². The molecule has 0 aromatic carbocycles. The van der Waals surface area contributed by atoms with Gasteiger partial charge in [0.2, 0.25) is 5.91 Å². The fraction of sp³-hybridized carbons (Fsp3) is 0.545. The summed E-state index contributed by atoms with van der Waals surface area (Å²) in [5.41, 5.74) is 4.23. The van der Waals surface area contributed by atoms with Crippen molar-refractivity contribution in [1.29, 1.82) is 0 Å². The highest BCUT2D eigenvalue weighted by Crippen LogP contribution is 2.21. The molecule has 1 saturated heterocycles. The maximum absolute atomic E-state index is 12.8. The molecule has 0 unspecified atom stereocenters. The number of pyridine rings is 1. The lowest BCUT2D eigenvalue weighted by atomic mass is 10.0. The summed E-state index contributed by atoms with van der Waals surface area (Å²) in [6.07, 6.45) is 1.77. The van der Waals surface area contributed by atoms with Crippen LogP contribution in [0.15, 0.2) is 10.2 Å². The number of fused-ring (bicyclic) bond motifs is 1. The minimum Gasteiger partial charge on any atom is -0.340 e. The Hall–Kier alpha value is -2.52. The Labute approximate surface area is 185 Å². The molecule has 8 nitrogen and oxygen atoms in total. The van der Waals surface area contributed by atoms with Gasteiger partial charge in [0.05, 0.1) is 16.4 Å². The molecule has 1 aliphatic rings. The van der Waals surface area contributed by atoms with E-state index < -0.39 is 0 Å². The number of aryl methyl sites for hydroxylation is 4. The van der Waals surface area contributed by atoms with Crippen molar-refractivity contribution in [1.82, 2.24) is 29.5 Å². The molecule has 0 atom stereocenters. The molecule has 3 aromatic heterocycles. The van der Waals surface area contributed by atoms with E-state index in [2.05, 4.69) is 32.3 Å². The van der Waals surface area contributed by atoms with E-state index in [4.69, 9.17) is 0 Å². The number of carbonyl (C=O) groups excluding carboxylic acids is 1. The fourth-order valence-corrected chi connectivity index (χ4v) is 5.15. The minimum absolute atomic E-state index is 0.114. The number of hydrogen-bond donors (Lipinski definition) is 1. The van der Waals surface area contributed by atoms with Crippen molar-refractivity contribution in [2.45, 2.75) is 46.6 Å². The van der Waals surface area contributed by atoms with E-state index in [-0.39, 0.29) is 11.5 Å². The van der Waals surface area contributed by atoms with E-state index in [1.54, 1.807) is 16.0 Å². The van der Waals surface area contributed by atoms with Crippen LogP contribution < -0.4 is 5.56 Å². The van der Waals surface area contributed by atoms with Gasteiger partial charge < -0.3 is 9.88 Å². The first-order chi connectivity index (χ1) is 14.9. The molecule has 0 spiro atoms. The highest BCUT2D eigenvalue weighted by molar-refractivity contribution is 7.09. The predicted molar refractivity (Wildman–Crippen MR) is 122 cm³/mol. The van der Waals surface area contributed by atoms with Crippen LogP contribution in [0.1, 0.15) is 40.9 Å². The highest BCUT2D eigenvalue weighted by Gasteiger charge is 2.22. The van der Waals surface area contributed by atoms with Crippen LogP contribution in [0.5, 0.6) is 0 Å². The van der Waals surface area contributed by atoms with Crippen molar-refractivity contribution in [2.24, 2.45) is 7.05 Å². The van der Waals surface area contributed by atoms with Gasteiger partial charge in [-0.2, -0.15) is 5.10 Å². The molecule has 0 bridgehead atoms. The molecule has 1 aliphatic heterocycles. The summed E-state index contributed by atoms with van der Waals surface area (Å²) in [6, 6.07) is 0. The Morgan fingerprint density at radius 2 is 1.97 bits per heavy atom. The number of hydrogen-bond acceptors (Lipinski definition) is 6. The summed E-state index contributed by atoms with van der Waals surface area (Å²) in [5, 5.41) is 8.70. The summed E-state index contributed by atoms with van der Waals surface area (Å²) in [6.45, 7) is 10.0. The standard InChI is InChI=1S/C22H30N6O2S/c1-5-18-23-16(13-31-18)12-27-8-10-28(11-9-27)19(29)7-6-17-14(2)20-15(3)25-26(4)21(20)24-22(17)30/h13H,5-12H2,1-4H3,(H,24,30). The van der Waals surface area contributed by atoms with Crippen molar-refractivity contribution in [3.63, 3.8) is 0 Å². The van der Waals surface area contributed by atoms with E-state index in [9.17, 15) is 9.59 Å². The summed E-state index contributed by atoms with van der Waals surface area (Å²) >= 11 is 1.72. The molecule has 3 aromatic rings. The monoisotopic (exact) mass is 442 g/mol. The Kier molecular flexibility index (Phi) is 6.24. The first-order valence-corrected chi connectivity index (χ1v) is 11.7. The van der Waals surface area contributed by atoms with Crippen molar-refractivity contribution in [3.8, 4) is 0 Å². The molecule has 1 N–H and O–H groups in total. The quantitative estimate of drug-likeness (QED) is 0.632. The summed E-state index contributed by atoms with van der Waals surface area (Å²) in [4.78, 5) is 37.3. The minimum atomic E-state index is -0.125. The molecule has 4 heterocycles. The first-order valence-electron chi connectivity index (χ1n) is 10.9. The average Bonchev–Trinajstić information content (AvgIpc) is 3.31. The van der Waals surface area contributed by atoms with E-state index >= 15 is 0 Å². The maximum Gasteiger partial charge on any atom is 0.253 e. The van der Waals surface area contributed by atoms with Gasteiger partial charge in [-0.05, 0) is 32.3 Å². The van der Waals surface area contributed by atoms with Crippen LogP contribution >= 0.6 is 11.3 Å². The second-order valence-electron chi connectivity index (χ2n) is 8.23. The average molecular weight is 443 g/mol. The largest absolute Gasteiger partial charge is 0.340 e. The van der Waals surface area contributed by atoms with Crippen LogP contribution in [-0.2, 0) is 31.2 Å². The van der Waals surface area contributed by atoms with Crippen LogP contribution in [0, 0.1) is 13.8 Å². The normalized spacial score (nSPS) is 15.2. The van der Waals surface area contributed by atoms with Gasteiger partial charge in [0, 0.05) is 62.5 Å². The van der Waals surface area contributed by atoms with Gasteiger partial charge in [-0.15, -0.1) is 11.3 Å². The Bertz CT molecular complexity index is 1150. The molecular weight excluding hydrogens is 412 g/mol. The van der Waals surface area contributed by atoms with Crippen LogP contribution in [0.25, 0.3) is 11.0 Å². The molecule has 0 saturated carbocycles. The topological polar surface area (TPSA) is 87.1 Å². The number of piperazine rings is 1. The number of nitrogens with one attached hydrogen (secondary N) is 1. The highest BCUT2D eigenvalue weighted by atomic mass is 32.1. The number of amides is 1. The smallest absolute Gasteiger partial charge is 0.253 e. The van der Waals surface area contributed by atoms with Crippen LogP contribution in [0.2, 0.25) is 0 Å². The third-order valence-corrected chi connectivity index (χ3v) is 7.20. The molecule has 1 amide bonds. The van der Waals surface area contributed by atoms with Gasteiger partial charge in [-0.3, -0.25) is 19.2 Å². The molecule has 9 heteroatoms. The van der Waals surface area contributed by atoms with Crippen LogP contribution in [-0.4, -0.2) is 61.6 Å². The lowest BCUT2D eigenvalue weighted by molar-refractivity contribution is -0.133. The molecule has 0 radical (unpaired) electrons. The van der Waals surface area contributed by atoms with Gasteiger partial charge in [-0.1, -0.05) is 6.92 Å². The summed E-state index contributed by atoms with van der Waals surface area (Å²) in [7, 11) is 1.82. The summed E-state index contributed by atoms with van der Waals surface area (Å²) in [5.74, 6) is 0.114. The maximum atomic E-state index is 12.8. The van der Waals surface area contributed by atoms with Gasteiger partial charge in [-0.25, -0.2) is 4.98 Å². The number of H-pyrrole nitrogens is 1. The van der Waals surface area contributed by atoms with Crippen LogP contribution in [0.4, 0.5) is 0 Å². The number of aromatic nitrogens is 4. The molecule has 166 valence electrons. The zero-order valence-corrected chi connectivity index (χ0v) is 19.5. The Morgan fingerprint density at radius 3 is 2.65 bits per heavy atom. The second-order valence-corrected chi connectivity index (χ2v) is 9.18. The number of rotatable bonds is 6. The van der Waals surface area contributed by atoms with Crippen LogP contribution in [0.3, 0.4) is 0 Å². The first kappa shape index (κ1) is 21.7. The van der Waals surface area contributed by atoms with Crippen molar-refractivity contribution in [3.05, 3.63) is 43.3 Å². The lowest BCUT2D eigenvalue weighted by Crippen LogP contribution is -2.48. The number of thiazole rings is 1. The molecular formula is C22H30N6O2S. The number of nitrogens with zero attached hydrogens (tertiary/aromatic N) is 5. The van der Waals surface area contributed by atoms with Gasteiger partial charge >= 0.3 is 0 Å². The van der Waals surface area contributed by atoms with E-state index in [1.807, 2.05) is 25.8 Å². The SMILES string of the molecule is CCc1nc(CN2CCN(C(=O)CCc3c(C)c4c(C)nn(C)c4[nH]c3=O)CC2)cs1. The van der Waals surface area contributed by atoms with Crippen molar-refractivity contribution >= 4 is 28.3 Å². The lowest BCUT2D eigenvalue weighted by Gasteiger charge is -2.34. The number of carbonyl (C=O) groups is 1. The van der Waals surface area contributed by atoms with Gasteiger partial charge in [0.15, 0.2) is 0 Å². The zero-order chi connectivity index (χ0) is 22.1. The Morgan fingerprint density at radius 1 is 1.23 bits per heavy atom. The van der Waals surface area contributed by atoms with E-state index in [0.29, 0.717) is 18.4 Å². The van der Waals surface area contributed by atoms with E-state index in [1.165, 1.54) is 5.01 Å². The predicted octanol–water partition coefficient (Wildman–Crippen LogP) is 2.17. The van der Waals surface area contributed by atoms with Crippen molar-refractivity contribution in [2.75, 3.05) is 26.2 Å². The molecule has 31 heavy (non-hydrogen) atoms. The van der Waals surface area contributed by atoms with Gasteiger partial charge in [0.25, 0.3) is 5.56 Å². The van der Waals surface area contributed by atoms with E-state index in [0.717, 1.165) is 67.1 Å². The summed E-state index contributed by atoms with van der Waals surface area (Å²) < 4.78 is 1.70. The molecule has 1 fully saturated rings. The number of aromatic amines is 1. The Balaban J connectivity index is 1.34. The van der Waals surface area contributed by atoms with Gasteiger partial charge in [0.1, 0.15) is 5.65 Å². The molecule has 0 aliphatic carbocycles. The molecule has 4 rings (SSSR count). The third kappa shape index (κ3) is 4.43. The zero-order valence-electron chi connectivity index (χ0n) is 18.7. The second kappa shape index (κ2) is 8.92. The third-order valence-electron chi connectivity index (χ3n) is 6.16. The fourth-order valence-electron chi connectivity index (χ4n) is 4.41.